The van der Waals surface area contributed by atoms with Gasteiger partial charge >= 0.3 is 0 Å². The van der Waals surface area contributed by atoms with Gasteiger partial charge in [-0.1, -0.05) is 48.5 Å². The minimum absolute atomic E-state index is 0.0582. The minimum atomic E-state index is -0.596. The Kier molecular flexibility index (Phi) is 6.56. The van der Waals surface area contributed by atoms with Gasteiger partial charge in [-0.3, -0.25) is 14.6 Å². The summed E-state index contributed by atoms with van der Waals surface area (Å²) in [6.45, 7) is 18.6. The van der Waals surface area contributed by atoms with Crippen molar-refractivity contribution in [3.8, 4) is 0 Å². The molecule has 224 valence electrons. The lowest BCUT2D eigenvalue weighted by molar-refractivity contribution is -0.226. The predicted octanol–water partition coefficient (Wildman–Crippen LogP) is 7.21. The van der Waals surface area contributed by atoms with Crippen molar-refractivity contribution in [3.63, 3.8) is 0 Å². The highest BCUT2D eigenvalue weighted by molar-refractivity contribution is 6.03. The highest BCUT2D eigenvalue weighted by Gasteiger charge is 2.70. The van der Waals surface area contributed by atoms with Gasteiger partial charge in [0.15, 0.2) is 5.78 Å². The van der Waals surface area contributed by atoms with Crippen molar-refractivity contribution in [3.05, 3.63) is 40.7 Å². The van der Waals surface area contributed by atoms with Gasteiger partial charge in [-0.25, -0.2) is 0 Å². The first-order valence-corrected chi connectivity index (χ1v) is 16.3. The summed E-state index contributed by atoms with van der Waals surface area (Å²) in [5.41, 5.74) is 3.54. The van der Waals surface area contributed by atoms with Crippen molar-refractivity contribution in [2.45, 2.75) is 125 Å². The number of hydrogen-bond acceptors (Lipinski definition) is 4. The summed E-state index contributed by atoms with van der Waals surface area (Å²) in [7, 11) is 0. The molecule has 5 aliphatic rings. The third kappa shape index (κ3) is 3.79. The molecule has 2 N–H and O–H groups in total. The molecule has 0 bridgehead atoms. The monoisotopic (exact) mass is 560 g/mol. The molecule has 0 saturated heterocycles. The average Bonchev–Trinajstić information content (AvgIpc) is 3.19. The van der Waals surface area contributed by atoms with Gasteiger partial charge in [0.05, 0.1) is 17.2 Å². The van der Waals surface area contributed by atoms with E-state index in [2.05, 4.69) is 58.8 Å². The molecule has 1 aromatic rings. The number of allylic oxidation sites excluding steroid dienone is 1. The Balaban J connectivity index is 1.42. The Labute approximate surface area is 247 Å². The standard InChI is InChI=1S/C36H52N2O3/c1-21(2)29-25(39)19-36(38-31(41)23-20-37-18-13-22(23)3)17-16-34(7)24(30(29)36)9-10-27-33(6)14-12-28(40)32(4,5)26(33)11-15-35(27,34)8/h13,18,20-21,24,26-28,40H,9-12,14-17,19H2,1-8H3,(H,38,41)/t24-,26+,27-,28+,33+,34-,35-,36-/m1/s1. The average molecular weight is 561 g/mol. The number of pyridine rings is 1. The van der Waals surface area contributed by atoms with Crippen LogP contribution in [-0.4, -0.2) is 33.4 Å². The summed E-state index contributed by atoms with van der Waals surface area (Å²) in [5, 5.41) is 14.5. The van der Waals surface area contributed by atoms with Crippen LogP contribution >= 0.6 is 0 Å². The van der Waals surface area contributed by atoms with E-state index in [1.165, 1.54) is 12.0 Å². The Hall–Kier alpha value is -2.01. The molecule has 41 heavy (non-hydrogen) atoms. The molecule has 0 aromatic carbocycles. The number of aliphatic hydroxyl groups excluding tert-OH is 1. The first-order valence-electron chi connectivity index (χ1n) is 16.3. The van der Waals surface area contributed by atoms with Crippen LogP contribution in [0.4, 0.5) is 0 Å². The lowest BCUT2D eigenvalue weighted by atomic mass is 9.33. The van der Waals surface area contributed by atoms with Crippen LogP contribution in [0, 0.1) is 52.3 Å². The third-order valence-electron chi connectivity index (χ3n) is 14.0. The summed E-state index contributed by atoms with van der Waals surface area (Å²) in [6.07, 6.45) is 11.9. The number of nitrogens with one attached hydrogen (secondary N) is 1. The SMILES string of the molecule is Cc1ccncc1C(=O)N[C@@]12CC[C@]3(C)[C@H](CC[C@@H]4[C@@]5(C)CC[C@H](O)C(C)(C)[C@@H]5CC[C@]43C)C1=C(C(C)C)C(=O)C2. The molecule has 0 unspecified atom stereocenters. The molecule has 5 nitrogen and oxygen atoms in total. The van der Waals surface area contributed by atoms with Gasteiger partial charge in [0.2, 0.25) is 0 Å². The van der Waals surface area contributed by atoms with Crippen molar-refractivity contribution in [1.29, 1.82) is 0 Å². The van der Waals surface area contributed by atoms with E-state index >= 15 is 0 Å². The zero-order valence-electron chi connectivity index (χ0n) is 26.7. The molecule has 5 aliphatic carbocycles. The van der Waals surface area contributed by atoms with Crippen LogP contribution in [-0.2, 0) is 4.79 Å². The Morgan fingerprint density at radius 2 is 1.71 bits per heavy atom. The topological polar surface area (TPSA) is 79.3 Å². The quantitative estimate of drug-likeness (QED) is 0.409. The zero-order chi connectivity index (χ0) is 29.8. The molecule has 0 spiro atoms. The van der Waals surface area contributed by atoms with Gasteiger partial charge in [-0.05, 0) is 126 Å². The van der Waals surface area contributed by atoms with Crippen molar-refractivity contribution in [2.75, 3.05) is 0 Å². The fraction of sp³-hybridized carbons (Fsp3) is 0.750. The van der Waals surface area contributed by atoms with Crippen LogP contribution in [0.1, 0.15) is 122 Å². The number of aromatic nitrogens is 1. The molecule has 6 rings (SSSR count). The first-order chi connectivity index (χ1) is 19.1. The van der Waals surface area contributed by atoms with Crippen LogP contribution < -0.4 is 5.32 Å². The Morgan fingerprint density at radius 1 is 0.976 bits per heavy atom. The zero-order valence-corrected chi connectivity index (χ0v) is 26.7. The van der Waals surface area contributed by atoms with Crippen LogP contribution in [0.25, 0.3) is 0 Å². The molecular formula is C36H52N2O3. The number of rotatable bonds is 3. The summed E-state index contributed by atoms with van der Waals surface area (Å²) < 4.78 is 0. The number of aryl methyl sites for hydroxylation is 1. The maximum atomic E-state index is 13.8. The number of nitrogens with zero attached hydrogens (tertiary/aromatic N) is 1. The largest absolute Gasteiger partial charge is 0.393 e. The van der Waals surface area contributed by atoms with E-state index in [1.54, 1.807) is 12.4 Å². The number of Topliss-reactive ketones (excluding diaryl/α,β-unsaturated/α-hetero) is 1. The second-order valence-electron chi connectivity index (χ2n) is 16.3. The third-order valence-corrected chi connectivity index (χ3v) is 14.0. The molecular weight excluding hydrogens is 508 g/mol. The molecule has 0 radical (unpaired) electrons. The van der Waals surface area contributed by atoms with Crippen LogP contribution in [0.15, 0.2) is 29.6 Å². The number of fused-ring (bicyclic) bond motifs is 7. The smallest absolute Gasteiger partial charge is 0.253 e. The molecule has 1 heterocycles. The van der Waals surface area contributed by atoms with Crippen LogP contribution in [0.2, 0.25) is 0 Å². The van der Waals surface area contributed by atoms with E-state index in [1.807, 2.05) is 13.0 Å². The van der Waals surface area contributed by atoms with E-state index in [-0.39, 0.29) is 45.4 Å². The Bertz CT molecular complexity index is 1310. The highest BCUT2D eigenvalue weighted by atomic mass is 16.3. The van der Waals surface area contributed by atoms with E-state index in [4.69, 9.17) is 0 Å². The number of amides is 1. The minimum Gasteiger partial charge on any atom is -0.393 e. The summed E-state index contributed by atoms with van der Waals surface area (Å²) in [6, 6.07) is 1.88. The lowest BCUT2D eigenvalue weighted by Gasteiger charge is -2.72. The van der Waals surface area contributed by atoms with Crippen molar-refractivity contribution in [2.24, 2.45) is 45.3 Å². The number of hydrogen-bond donors (Lipinski definition) is 2. The number of ketones is 1. The van der Waals surface area contributed by atoms with E-state index < -0.39 is 5.54 Å². The van der Waals surface area contributed by atoms with Crippen molar-refractivity contribution in [1.82, 2.24) is 10.3 Å². The summed E-state index contributed by atoms with van der Waals surface area (Å²) in [5.74, 6) is 1.68. The fourth-order valence-corrected chi connectivity index (χ4v) is 11.7. The molecule has 4 fully saturated rings. The molecule has 4 saturated carbocycles. The predicted molar refractivity (Wildman–Crippen MR) is 162 cm³/mol. The van der Waals surface area contributed by atoms with E-state index in [0.717, 1.165) is 56.1 Å². The highest BCUT2D eigenvalue weighted by Crippen LogP contribution is 2.75. The summed E-state index contributed by atoms with van der Waals surface area (Å²) in [4.78, 5) is 31.8. The normalized spacial score (nSPS) is 43.2. The van der Waals surface area contributed by atoms with Crippen molar-refractivity contribution >= 4 is 11.7 Å². The summed E-state index contributed by atoms with van der Waals surface area (Å²) >= 11 is 0. The lowest BCUT2D eigenvalue weighted by Crippen LogP contribution is -2.67. The van der Waals surface area contributed by atoms with Gasteiger partial charge in [-0.15, -0.1) is 0 Å². The van der Waals surface area contributed by atoms with Crippen molar-refractivity contribution < 1.29 is 14.7 Å². The number of carbonyl (C=O) groups is 2. The van der Waals surface area contributed by atoms with Gasteiger partial charge in [0.25, 0.3) is 5.91 Å². The van der Waals surface area contributed by atoms with E-state index in [9.17, 15) is 14.7 Å². The molecule has 5 heteroatoms. The second kappa shape index (κ2) is 9.24. The number of carbonyl (C=O) groups excluding carboxylic acids is 2. The van der Waals surface area contributed by atoms with Gasteiger partial charge in [-0.2, -0.15) is 0 Å². The first kappa shape index (κ1) is 29.1. The molecule has 8 atom stereocenters. The van der Waals surface area contributed by atoms with E-state index in [0.29, 0.717) is 29.7 Å². The number of aliphatic hydroxyl groups is 1. The van der Waals surface area contributed by atoms with Gasteiger partial charge in [0.1, 0.15) is 0 Å². The van der Waals surface area contributed by atoms with Crippen LogP contribution in [0.5, 0.6) is 0 Å². The van der Waals surface area contributed by atoms with Gasteiger partial charge in [0, 0.05) is 18.8 Å². The fourth-order valence-electron chi connectivity index (χ4n) is 11.7. The van der Waals surface area contributed by atoms with Gasteiger partial charge < -0.3 is 10.4 Å². The molecule has 1 amide bonds. The molecule has 1 aromatic heterocycles. The maximum Gasteiger partial charge on any atom is 0.253 e. The molecule has 0 aliphatic heterocycles. The second-order valence-corrected chi connectivity index (χ2v) is 16.3. The Morgan fingerprint density at radius 3 is 2.39 bits per heavy atom. The maximum absolute atomic E-state index is 13.8. The van der Waals surface area contributed by atoms with Crippen LogP contribution in [0.3, 0.4) is 0 Å².